The fourth-order valence-corrected chi connectivity index (χ4v) is 2.86. The standard InChI is InChI=1S/C18H21N3O3/c1-11-4-5-12(2)16(8-11)21-13(3)15(9-19-21)18(24)20(10-17(22)23)14-6-7-14/h4-5,8-9,14H,6-7,10H2,1-3H3,(H,22,23). The van der Waals surface area contributed by atoms with Gasteiger partial charge < -0.3 is 10.0 Å². The van der Waals surface area contributed by atoms with E-state index >= 15 is 0 Å². The molecule has 0 atom stereocenters. The average Bonchev–Trinajstić information content (AvgIpc) is 3.29. The predicted molar refractivity (Wildman–Crippen MR) is 89.5 cm³/mol. The molecule has 1 aliphatic rings. The van der Waals surface area contributed by atoms with Crippen molar-refractivity contribution in [1.82, 2.24) is 14.7 Å². The first-order valence-electron chi connectivity index (χ1n) is 8.03. The van der Waals surface area contributed by atoms with Crippen LogP contribution >= 0.6 is 0 Å². The average molecular weight is 327 g/mol. The van der Waals surface area contributed by atoms with Gasteiger partial charge in [-0.15, -0.1) is 0 Å². The number of aryl methyl sites for hydroxylation is 2. The number of hydrogen-bond acceptors (Lipinski definition) is 3. The van der Waals surface area contributed by atoms with Crippen molar-refractivity contribution in [3.8, 4) is 5.69 Å². The van der Waals surface area contributed by atoms with Gasteiger partial charge in [0.2, 0.25) is 0 Å². The molecule has 0 bridgehead atoms. The smallest absolute Gasteiger partial charge is 0.323 e. The summed E-state index contributed by atoms with van der Waals surface area (Å²) in [5.74, 6) is -1.25. The molecule has 126 valence electrons. The molecular formula is C18H21N3O3. The molecule has 3 rings (SSSR count). The third-order valence-electron chi connectivity index (χ3n) is 4.39. The van der Waals surface area contributed by atoms with Gasteiger partial charge in [-0.25, -0.2) is 4.68 Å². The summed E-state index contributed by atoms with van der Waals surface area (Å²) >= 11 is 0. The fourth-order valence-electron chi connectivity index (χ4n) is 2.86. The highest BCUT2D eigenvalue weighted by Crippen LogP contribution is 2.29. The van der Waals surface area contributed by atoms with Gasteiger partial charge in [0.25, 0.3) is 5.91 Å². The lowest BCUT2D eigenvalue weighted by Gasteiger charge is -2.20. The summed E-state index contributed by atoms with van der Waals surface area (Å²) < 4.78 is 1.75. The third-order valence-corrected chi connectivity index (χ3v) is 4.39. The first kappa shape index (κ1) is 16.2. The predicted octanol–water partition coefficient (Wildman–Crippen LogP) is 2.49. The minimum absolute atomic E-state index is 0.0389. The van der Waals surface area contributed by atoms with Gasteiger partial charge in [-0.3, -0.25) is 9.59 Å². The number of hydrogen-bond donors (Lipinski definition) is 1. The van der Waals surface area contributed by atoms with Crippen LogP contribution in [0.15, 0.2) is 24.4 Å². The molecule has 1 N–H and O–H groups in total. The lowest BCUT2D eigenvalue weighted by atomic mass is 10.1. The summed E-state index contributed by atoms with van der Waals surface area (Å²) in [6, 6.07) is 6.12. The Morgan fingerprint density at radius 1 is 1.29 bits per heavy atom. The van der Waals surface area contributed by atoms with Crippen molar-refractivity contribution in [2.24, 2.45) is 0 Å². The van der Waals surface area contributed by atoms with Crippen LogP contribution in [0.5, 0.6) is 0 Å². The van der Waals surface area contributed by atoms with Gasteiger partial charge in [-0.2, -0.15) is 5.10 Å². The maximum Gasteiger partial charge on any atom is 0.323 e. The summed E-state index contributed by atoms with van der Waals surface area (Å²) in [6.07, 6.45) is 3.27. The fraction of sp³-hybridized carbons (Fsp3) is 0.389. The Balaban J connectivity index is 1.96. The molecular weight excluding hydrogens is 306 g/mol. The number of nitrogens with zero attached hydrogens (tertiary/aromatic N) is 3. The summed E-state index contributed by atoms with van der Waals surface area (Å²) in [7, 11) is 0. The van der Waals surface area contributed by atoms with Crippen LogP contribution < -0.4 is 0 Å². The minimum Gasteiger partial charge on any atom is -0.480 e. The molecule has 1 aromatic carbocycles. The molecule has 24 heavy (non-hydrogen) atoms. The van der Waals surface area contributed by atoms with Crippen LogP contribution in [0.1, 0.15) is 40.0 Å². The largest absolute Gasteiger partial charge is 0.480 e. The summed E-state index contributed by atoms with van der Waals surface area (Å²) in [5, 5.41) is 13.4. The van der Waals surface area contributed by atoms with Crippen molar-refractivity contribution in [2.45, 2.75) is 39.7 Å². The van der Waals surface area contributed by atoms with Crippen LogP contribution in [0, 0.1) is 20.8 Å². The van der Waals surface area contributed by atoms with Crippen molar-refractivity contribution in [3.05, 3.63) is 46.8 Å². The number of aliphatic carboxylic acids is 1. The van der Waals surface area contributed by atoms with E-state index in [1.807, 2.05) is 39.0 Å². The molecule has 0 aliphatic heterocycles. The molecule has 0 radical (unpaired) electrons. The molecule has 6 nitrogen and oxygen atoms in total. The Hall–Kier alpha value is -2.63. The van der Waals surface area contributed by atoms with Crippen molar-refractivity contribution < 1.29 is 14.7 Å². The Labute approximate surface area is 140 Å². The summed E-state index contributed by atoms with van der Waals surface area (Å²) in [5.41, 5.74) is 4.30. The van der Waals surface area contributed by atoms with E-state index in [-0.39, 0.29) is 18.5 Å². The van der Waals surface area contributed by atoms with Gasteiger partial charge in [0.1, 0.15) is 6.54 Å². The molecule has 1 saturated carbocycles. The number of aromatic nitrogens is 2. The van der Waals surface area contributed by atoms with Gasteiger partial charge in [0.15, 0.2) is 0 Å². The van der Waals surface area contributed by atoms with Gasteiger partial charge in [-0.05, 0) is 50.8 Å². The van der Waals surface area contributed by atoms with E-state index in [1.165, 1.54) is 11.1 Å². The topological polar surface area (TPSA) is 75.4 Å². The normalized spacial score (nSPS) is 13.8. The minimum atomic E-state index is -0.991. The lowest BCUT2D eigenvalue weighted by molar-refractivity contribution is -0.137. The van der Waals surface area contributed by atoms with Crippen LogP contribution in [-0.2, 0) is 4.79 Å². The zero-order valence-corrected chi connectivity index (χ0v) is 14.1. The number of amides is 1. The van der Waals surface area contributed by atoms with E-state index in [4.69, 9.17) is 5.11 Å². The number of carbonyl (C=O) groups excluding carboxylic acids is 1. The van der Waals surface area contributed by atoms with E-state index in [1.54, 1.807) is 4.68 Å². The zero-order chi connectivity index (χ0) is 17.4. The van der Waals surface area contributed by atoms with Crippen LogP contribution in [-0.4, -0.2) is 44.3 Å². The first-order chi connectivity index (χ1) is 11.4. The molecule has 0 unspecified atom stereocenters. The van der Waals surface area contributed by atoms with Gasteiger partial charge in [0, 0.05) is 6.04 Å². The van der Waals surface area contributed by atoms with Crippen molar-refractivity contribution in [3.63, 3.8) is 0 Å². The van der Waals surface area contributed by atoms with E-state index < -0.39 is 5.97 Å². The molecule has 1 amide bonds. The van der Waals surface area contributed by atoms with E-state index in [0.717, 1.165) is 35.3 Å². The number of carboxylic acid groups (broad SMARTS) is 1. The van der Waals surface area contributed by atoms with Gasteiger partial charge >= 0.3 is 5.97 Å². The number of benzene rings is 1. The summed E-state index contributed by atoms with van der Waals surface area (Å²) in [4.78, 5) is 25.3. The monoisotopic (exact) mass is 327 g/mol. The Bertz CT molecular complexity index is 806. The van der Waals surface area contributed by atoms with E-state index in [0.29, 0.717) is 5.56 Å². The van der Waals surface area contributed by atoms with Gasteiger partial charge in [-0.1, -0.05) is 12.1 Å². The second kappa shape index (κ2) is 6.11. The lowest BCUT2D eigenvalue weighted by Crippen LogP contribution is -2.37. The van der Waals surface area contributed by atoms with Gasteiger partial charge in [0.05, 0.1) is 23.1 Å². The molecule has 0 spiro atoms. The van der Waals surface area contributed by atoms with E-state index in [2.05, 4.69) is 5.10 Å². The molecule has 1 heterocycles. The SMILES string of the molecule is Cc1ccc(C)c(-n2ncc(C(=O)N(CC(=O)O)C3CC3)c2C)c1. The number of carboxylic acids is 1. The number of rotatable bonds is 5. The zero-order valence-electron chi connectivity index (χ0n) is 14.1. The Morgan fingerprint density at radius 2 is 2.00 bits per heavy atom. The van der Waals surface area contributed by atoms with Crippen LogP contribution in [0.2, 0.25) is 0 Å². The van der Waals surface area contributed by atoms with Crippen molar-refractivity contribution in [1.29, 1.82) is 0 Å². The molecule has 2 aromatic rings. The molecule has 0 saturated heterocycles. The highest BCUT2D eigenvalue weighted by atomic mass is 16.4. The highest BCUT2D eigenvalue weighted by Gasteiger charge is 2.35. The number of carbonyl (C=O) groups is 2. The van der Waals surface area contributed by atoms with Crippen LogP contribution in [0.25, 0.3) is 5.69 Å². The Kier molecular flexibility index (Phi) is 4.13. The molecule has 1 fully saturated rings. The first-order valence-corrected chi connectivity index (χ1v) is 8.03. The van der Waals surface area contributed by atoms with Crippen LogP contribution in [0.3, 0.4) is 0 Å². The van der Waals surface area contributed by atoms with Crippen molar-refractivity contribution in [2.75, 3.05) is 6.54 Å². The van der Waals surface area contributed by atoms with E-state index in [9.17, 15) is 9.59 Å². The maximum absolute atomic E-state index is 12.8. The Morgan fingerprint density at radius 3 is 2.62 bits per heavy atom. The molecule has 1 aromatic heterocycles. The molecule has 1 aliphatic carbocycles. The van der Waals surface area contributed by atoms with Crippen molar-refractivity contribution >= 4 is 11.9 Å². The maximum atomic E-state index is 12.8. The highest BCUT2D eigenvalue weighted by molar-refractivity contribution is 5.97. The summed E-state index contributed by atoms with van der Waals surface area (Å²) in [6.45, 7) is 5.58. The second-order valence-electron chi connectivity index (χ2n) is 6.40. The van der Waals surface area contributed by atoms with Crippen LogP contribution in [0.4, 0.5) is 0 Å². The second-order valence-corrected chi connectivity index (χ2v) is 6.40. The third kappa shape index (κ3) is 3.04. The molecule has 6 heteroatoms. The quantitative estimate of drug-likeness (QED) is 0.915.